The lowest BCUT2D eigenvalue weighted by Gasteiger charge is -2.26. The summed E-state index contributed by atoms with van der Waals surface area (Å²) in [5.41, 5.74) is 0.381. The average molecular weight is 471 g/mol. The van der Waals surface area contributed by atoms with Gasteiger partial charge in [-0.3, -0.25) is 4.79 Å². The van der Waals surface area contributed by atoms with Gasteiger partial charge in [0.15, 0.2) is 0 Å². The highest BCUT2D eigenvalue weighted by molar-refractivity contribution is 9.10. The lowest BCUT2D eigenvalue weighted by atomic mass is 10.2. The van der Waals surface area contributed by atoms with Gasteiger partial charge in [-0.1, -0.05) is 12.5 Å². The highest BCUT2D eigenvalue weighted by atomic mass is 79.9. The first-order valence-corrected chi connectivity index (χ1v) is 12.2. The molecule has 1 fully saturated rings. The molecule has 0 atom stereocenters. The van der Waals surface area contributed by atoms with Crippen LogP contribution < -0.4 is 0 Å². The van der Waals surface area contributed by atoms with E-state index < -0.39 is 10.0 Å². The highest BCUT2D eigenvalue weighted by Gasteiger charge is 2.28. The van der Waals surface area contributed by atoms with Crippen LogP contribution in [0.5, 0.6) is 0 Å². The molecule has 1 saturated heterocycles. The van der Waals surface area contributed by atoms with E-state index in [4.69, 9.17) is 0 Å². The van der Waals surface area contributed by atoms with Crippen molar-refractivity contribution in [3.63, 3.8) is 0 Å². The minimum absolute atomic E-state index is 0.173. The smallest absolute Gasteiger partial charge is 0.255 e. The second-order valence-electron chi connectivity index (χ2n) is 6.51. The summed E-state index contributed by atoms with van der Waals surface area (Å²) in [6.07, 6.45) is 2.82. The summed E-state index contributed by atoms with van der Waals surface area (Å²) in [4.78, 5) is 16.1. The zero-order chi connectivity index (χ0) is 19.4. The quantitative estimate of drug-likeness (QED) is 0.630. The summed E-state index contributed by atoms with van der Waals surface area (Å²) >= 11 is 5.02. The number of piperidine rings is 1. The van der Waals surface area contributed by atoms with E-state index >= 15 is 0 Å². The number of hydrogen-bond donors (Lipinski definition) is 0. The third-order valence-corrected chi connectivity index (χ3v) is 8.16. The number of amides is 1. The Labute approximate surface area is 173 Å². The van der Waals surface area contributed by atoms with E-state index in [0.29, 0.717) is 36.2 Å². The summed E-state index contributed by atoms with van der Waals surface area (Å²) < 4.78 is 28.0. The van der Waals surface area contributed by atoms with Crippen molar-refractivity contribution in [2.24, 2.45) is 0 Å². The van der Waals surface area contributed by atoms with E-state index in [2.05, 4.69) is 15.9 Å². The van der Waals surface area contributed by atoms with Gasteiger partial charge in [0, 0.05) is 29.0 Å². The first kappa shape index (κ1) is 20.5. The molecule has 0 radical (unpaired) electrons. The van der Waals surface area contributed by atoms with Gasteiger partial charge in [-0.15, -0.1) is 11.3 Å². The van der Waals surface area contributed by atoms with Gasteiger partial charge in [-0.25, -0.2) is 8.42 Å². The van der Waals surface area contributed by atoms with Gasteiger partial charge < -0.3 is 4.90 Å². The number of rotatable bonds is 6. The van der Waals surface area contributed by atoms with Crippen LogP contribution in [0.2, 0.25) is 0 Å². The van der Waals surface area contributed by atoms with Crippen LogP contribution in [0.15, 0.2) is 45.1 Å². The molecule has 0 N–H and O–H groups in total. The summed E-state index contributed by atoms with van der Waals surface area (Å²) in [5, 5.41) is 1.98. The molecule has 5 nitrogen and oxygen atoms in total. The maximum Gasteiger partial charge on any atom is 0.255 e. The monoisotopic (exact) mass is 470 g/mol. The van der Waals surface area contributed by atoms with Crippen molar-refractivity contribution in [3.05, 3.63) is 50.6 Å². The predicted octanol–water partition coefficient (Wildman–Crippen LogP) is 4.35. The SMILES string of the molecule is CCN(Cc1cccs1)C(=O)c1cc(S(=O)(=O)N2CCCCC2)ccc1Br. The maximum atomic E-state index is 13.1. The third kappa shape index (κ3) is 4.62. The molecule has 0 aliphatic carbocycles. The Bertz CT molecular complexity index is 892. The Balaban J connectivity index is 1.89. The molecule has 27 heavy (non-hydrogen) atoms. The van der Waals surface area contributed by atoms with Crippen LogP contribution in [0.25, 0.3) is 0 Å². The van der Waals surface area contributed by atoms with Gasteiger partial charge >= 0.3 is 0 Å². The molecule has 1 aromatic heterocycles. The standard InChI is InChI=1S/C19H23BrN2O3S2/c1-2-21(14-15-7-6-12-26-15)19(23)17-13-16(8-9-18(17)20)27(24,25)22-10-4-3-5-11-22/h6-9,12-13H,2-5,10-11,14H2,1H3. The number of nitrogens with zero attached hydrogens (tertiary/aromatic N) is 2. The Kier molecular flexibility index (Phi) is 6.73. The van der Waals surface area contributed by atoms with Crippen molar-refractivity contribution in [1.29, 1.82) is 0 Å². The summed E-state index contributed by atoms with van der Waals surface area (Å²) in [6.45, 7) is 4.07. The highest BCUT2D eigenvalue weighted by Crippen LogP contribution is 2.27. The van der Waals surface area contributed by atoms with Crippen molar-refractivity contribution in [1.82, 2.24) is 9.21 Å². The number of sulfonamides is 1. The first-order chi connectivity index (χ1) is 12.9. The largest absolute Gasteiger partial charge is 0.334 e. The number of hydrogen-bond acceptors (Lipinski definition) is 4. The molecule has 146 valence electrons. The summed E-state index contributed by atoms with van der Waals surface area (Å²) in [6, 6.07) is 8.68. The number of carbonyl (C=O) groups is 1. The van der Waals surface area contributed by atoms with Gasteiger partial charge in [0.05, 0.1) is 17.0 Å². The van der Waals surface area contributed by atoms with E-state index in [9.17, 15) is 13.2 Å². The van der Waals surface area contributed by atoms with Crippen molar-refractivity contribution < 1.29 is 13.2 Å². The molecule has 1 aromatic carbocycles. The van der Waals surface area contributed by atoms with Crippen molar-refractivity contribution in [3.8, 4) is 0 Å². The van der Waals surface area contributed by atoms with Crippen LogP contribution in [0.3, 0.4) is 0 Å². The van der Waals surface area contributed by atoms with Gasteiger partial charge in [0.1, 0.15) is 0 Å². The first-order valence-electron chi connectivity index (χ1n) is 9.05. The lowest BCUT2D eigenvalue weighted by molar-refractivity contribution is 0.0753. The summed E-state index contributed by atoms with van der Waals surface area (Å²) in [5.74, 6) is -0.173. The molecule has 2 aromatic rings. The molecule has 2 heterocycles. The Hall–Kier alpha value is -1.22. The average Bonchev–Trinajstić information content (AvgIpc) is 3.19. The fourth-order valence-corrected chi connectivity index (χ4v) is 5.85. The van der Waals surface area contributed by atoms with Crippen LogP contribution in [0.1, 0.15) is 41.4 Å². The molecule has 1 amide bonds. The Morgan fingerprint density at radius 1 is 1.22 bits per heavy atom. The van der Waals surface area contributed by atoms with E-state index in [1.165, 1.54) is 10.4 Å². The van der Waals surface area contributed by atoms with E-state index in [0.717, 1.165) is 24.1 Å². The maximum absolute atomic E-state index is 13.1. The molecule has 8 heteroatoms. The third-order valence-electron chi connectivity index (χ3n) is 4.72. The van der Waals surface area contributed by atoms with Crippen LogP contribution >= 0.6 is 27.3 Å². The minimum atomic E-state index is -3.57. The van der Waals surface area contributed by atoms with Crippen LogP contribution in [0, 0.1) is 0 Å². The molecule has 0 saturated carbocycles. The van der Waals surface area contributed by atoms with Gasteiger partial charge in [-0.05, 0) is 65.3 Å². The van der Waals surface area contributed by atoms with E-state index in [-0.39, 0.29) is 10.8 Å². The number of benzene rings is 1. The van der Waals surface area contributed by atoms with Crippen LogP contribution in [-0.2, 0) is 16.6 Å². The second kappa shape index (κ2) is 8.86. The number of thiophene rings is 1. The van der Waals surface area contributed by atoms with E-state index in [1.54, 1.807) is 28.4 Å². The molecule has 0 spiro atoms. The Morgan fingerprint density at radius 3 is 2.59 bits per heavy atom. The fraction of sp³-hybridized carbons (Fsp3) is 0.421. The Morgan fingerprint density at radius 2 is 1.96 bits per heavy atom. The second-order valence-corrected chi connectivity index (χ2v) is 10.3. The van der Waals surface area contributed by atoms with Crippen LogP contribution in [0.4, 0.5) is 0 Å². The molecular weight excluding hydrogens is 448 g/mol. The topological polar surface area (TPSA) is 57.7 Å². The minimum Gasteiger partial charge on any atom is -0.334 e. The van der Waals surface area contributed by atoms with Crippen LogP contribution in [-0.4, -0.2) is 43.2 Å². The molecule has 1 aliphatic rings. The lowest BCUT2D eigenvalue weighted by Crippen LogP contribution is -2.36. The van der Waals surface area contributed by atoms with E-state index in [1.807, 2.05) is 24.4 Å². The van der Waals surface area contributed by atoms with Crippen molar-refractivity contribution in [2.75, 3.05) is 19.6 Å². The molecule has 0 unspecified atom stereocenters. The molecule has 3 rings (SSSR count). The van der Waals surface area contributed by atoms with Crippen molar-refractivity contribution >= 4 is 43.2 Å². The van der Waals surface area contributed by atoms with Crippen molar-refractivity contribution in [2.45, 2.75) is 37.6 Å². The molecule has 1 aliphatic heterocycles. The fourth-order valence-electron chi connectivity index (χ4n) is 3.17. The number of halogens is 1. The normalized spacial score (nSPS) is 15.6. The summed E-state index contributed by atoms with van der Waals surface area (Å²) in [7, 11) is -3.57. The zero-order valence-corrected chi connectivity index (χ0v) is 18.4. The number of carbonyl (C=O) groups excluding carboxylic acids is 1. The van der Waals surface area contributed by atoms with Gasteiger partial charge in [0.2, 0.25) is 10.0 Å². The predicted molar refractivity (Wildman–Crippen MR) is 111 cm³/mol. The molecule has 0 bridgehead atoms. The zero-order valence-electron chi connectivity index (χ0n) is 15.2. The van der Waals surface area contributed by atoms with Gasteiger partial charge in [-0.2, -0.15) is 4.31 Å². The van der Waals surface area contributed by atoms with Gasteiger partial charge in [0.25, 0.3) is 5.91 Å². The molecular formula is C19H23BrN2O3S2.